The Labute approximate surface area is 219 Å². The van der Waals surface area contributed by atoms with Crippen molar-refractivity contribution in [3.8, 4) is 5.75 Å². The Hall–Kier alpha value is -3.25. The van der Waals surface area contributed by atoms with Crippen LogP contribution in [-0.4, -0.2) is 53.5 Å². The second-order valence-electron chi connectivity index (χ2n) is 10.5. The lowest BCUT2D eigenvalue weighted by Gasteiger charge is -2.45. The van der Waals surface area contributed by atoms with Crippen molar-refractivity contribution in [2.75, 3.05) is 32.8 Å². The predicted octanol–water partition coefficient (Wildman–Crippen LogP) is 5.75. The Morgan fingerprint density at radius 2 is 1.76 bits per heavy atom. The van der Waals surface area contributed by atoms with Crippen LogP contribution in [0.4, 0.5) is 4.39 Å². The van der Waals surface area contributed by atoms with Gasteiger partial charge in [0.05, 0.1) is 5.56 Å². The summed E-state index contributed by atoms with van der Waals surface area (Å²) in [5.41, 5.74) is 2.76. The second-order valence-corrected chi connectivity index (χ2v) is 10.5. The van der Waals surface area contributed by atoms with Crippen LogP contribution in [0.5, 0.6) is 5.75 Å². The molecule has 2 aliphatic rings. The summed E-state index contributed by atoms with van der Waals surface area (Å²) in [4.78, 5) is 21.7. The average molecular weight is 502 g/mol. The topological polar surface area (TPSA) is 45.7 Å². The molecule has 0 N–H and O–H groups in total. The summed E-state index contributed by atoms with van der Waals surface area (Å²) in [5.74, 6) is 0.360. The number of amides is 1. The van der Waals surface area contributed by atoms with E-state index in [0.717, 1.165) is 63.9 Å². The zero-order valence-electron chi connectivity index (χ0n) is 21.4. The highest BCUT2D eigenvalue weighted by molar-refractivity contribution is 5.94. The maximum absolute atomic E-state index is 14.3. The van der Waals surface area contributed by atoms with Gasteiger partial charge in [0.2, 0.25) is 0 Å². The van der Waals surface area contributed by atoms with Crippen molar-refractivity contribution in [3.05, 3.63) is 95.6 Å². The van der Waals surface area contributed by atoms with E-state index in [2.05, 4.69) is 34.1 Å². The van der Waals surface area contributed by atoms with E-state index in [9.17, 15) is 9.18 Å². The van der Waals surface area contributed by atoms with Gasteiger partial charge in [-0.3, -0.25) is 14.7 Å². The summed E-state index contributed by atoms with van der Waals surface area (Å²) in [6, 6.07) is 18.8. The van der Waals surface area contributed by atoms with Gasteiger partial charge in [0.1, 0.15) is 18.2 Å². The normalized spacial score (nSPS) is 18.8. The fraction of sp³-hybridized carbons (Fsp3) is 0.419. The highest BCUT2D eigenvalue weighted by Gasteiger charge is 2.37. The lowest BCUT2D eigenvalue weighted by Crippen LogP contribution is -2.48. The average Bonchev–Trinajstić information content (AvgIpc) is 2.92. The van der Waals surface area contributed by atoms with Gasteiger partial charge in [-0.25, -0.2) is 4.39 Å². The molecule has 2 aliphatic heterocycles. The summed E-state index contributed by atoms with van der Waals surface area (Å²) >= 11 is 0. The number of pyridine rings is 1. The van der Waals surface area contributed by atoms with Crippen molar-refractivity contribution < 1.29 is 13.9 Å². The van der Waals surface area contributed by atoms with E-state index in [1.54, 1.807) is 18.2 Å². The molecule has 1 spiro atoms. The van der Waals surface area contributed by atoms with Gasteiger partial charge < -0.3 is 9.64 Å². The van der Waals surface area contributed by atoms with Gasteiger partial charge in [0, 0.05) is 45.1 Å². The van der Waals surface area contributed by atoms with E-state index < -0.39 is 5.82 Å². The number of piperidine rings is 1. The number of nitrogens with zero attached hydrogens (tertiary/aromatic N) is 3. The lowest BCUT2D eigenvalue weighted by atomic mass is 9.73. The minimum Gasteiger partial charge on any atom is -0.492 e. The zero-order chi connectivity index (χ0) is 25.5. The van der Waals surface area contributed by atoms with E-state index >= 15 is 0 Å². The Kier molecular flexibility index (Phi) is 8.15. The first kappa shape index (κ1) is 25.4. The molecule has 3 heterocycles. The summed E-state index contributed by atoms with van der Waals surface area (Å²) in [6.45, 7) is 4.54. The molecule has 0 atom stereocenters. The third-order valence-corrected chi connectivity index (χ3v) is 7.94. The molecule has 37 heavy (non-hydrogen) atoms. The van der Waals surface area contributed by atoms with Crippen LogP contribution in [0.25, 0.3) is 0 Å². The van der Waals surface area contributed by atoms with E-state index in [0.29, 0.717) is 19.7 Å². The SMILES string of the molecule is O=C(c1ccccc1F)N1CCC2(CCCCc3ccccc3OCCN(Cc3cccnc3)C2)CC1. The predicted molar refractivity (Wildman–Crippen MR) is 143 cm³/mol. The van der Waals surface area contributed by atoms with Crippen LogP contribution in [0.3, 0.4) is 0 Å². The maximum atomic E-state index is 14.3. The van der Waals surface area contributed by atoms with Gasteiger partial charge in [0.15, 0.2) is 0 Å². The van der Waals surface area contributed by atoms with Crippen molar-refractivity contribution in [2.45, 2.75) is 45.1 Å². The smallest absolute Gasteiger partial charge is 0.256 e. The highest BCUT2D eigenvalue weighted by Crippen LogP contribution is 2.39. The van der Waals surface area contributed by atoms with Gasteiger partial charge in [-0.15, -0.1) is 0 Å². The van der Waals surface area contributed by atoms with Crippen LogP contribution in [0.15, 0.2) is 73.1 Å². The molecule has 0 aliphatic carbocycles. The molecule has 0 unspecified atom stereocenters. The molecule has 0 radical (unpaired) electrons. The van der Waals surface area contributed by atoms with Gasteiger partial charge in [0.25, 0.3) is 5.91 Å². The Morgan fingerprint density at radius 1 is 0.946 bits per heavy atom. The van der Waals surface area contributed by atoms with E-state index in [1.807, 2.05) is 29.4 Å². The number of aromatic nitrogens is 1. The first-order valence-electron chi connectivity index (χ1n) is 13.5. The monoisotopic (exact) mass is 501 g/mol. The largest absolute Gasteiger partial charge is 0.492 e. The number of para-hydroxylation sites is 1. The minimum absolute atomic E-state index is 0.118. The third-order valence-electron chi connectivity index (χ3n) is 7.94. The quantitative estimate of drug-likeness (QED) is 0.458. The number of benzene rings is 2. The van der Waals surface area contributed by atoms with Gasteiger partial charge in [-0.2, -0.15) is 0 Å². The molecular weight excluding hydrogens is 465 g/mol. The van der Waals surface area contributed by atoms with E-state index in [1.165, 1.54) is 17.2 Å². The number of aryl methyl sites for hydroxylation is 1. The number of likely N-dealkylation sites (tertiary alicyclic amines) is 1. The zero-order valence-corrected chi connectivity index (χ0v) is 21.4. The summed E-state index contributed by atoms with van der Waals surface area (Å²) in [6.07, 6.45) is 9.99. The van der Waals surface area contributed by atoms with Crippen LogP contribution in [-0.2, 0) is 13.0 Å². The van der Waals surface area contributed by atoms with Crippen molar-refractivity contribution in [2.24, 2.45) is 5.41 Å². The van der Waals surface area contributed by atoms with Crippen molar-refractivity contribution in [1.82, 2.24) is 14.8 Å². The lowest BCUT2D eigenvalue weighted by molar-refractivity contribution is 0.0358. The number of halogens is 1. The number of hydrogen-bond acceptors (Lipinski definition) is 4. The number of fused-ring (bicyclic) bond motifs is 1. The summed E-state index contributed by atoms with van der Waals surface area (Å²) in [5, 5.41) is 0. The molecule has 1 saturated heterocycles. The van der Waals surface area contributed by atoms with Crippen LogP contribution in [0.2, 0.25) is 0 Å². The van der Waals surface area contributed by atoms with Crippen molar-refractivity contribution in [1.29, 1.82) is 0 Å². The minimum atomic E-state index is -0.443. The third kappa shape index (κ3) is 6.37. The van der Waals surface area contributed by atoms with Gasteiger partial charge in [-0.05, 0) is 72.9 Å². The molecular formula is C31H36FN3O2. The van der Waals surface area contributed by atoms with Gasteiger partial charge >= 0.3 is 0 Å². The highest BCUT2D eigenvalue weighted by atomic mass is 19.1. The standard InChI is InChI=1S/C31H36FN3O2/c32-28-12-3-2-11-27(28)30(36)35-18-15-31(16-19-35)14-6-5-10-26-9-1-4-13-29(26)37-21-20-34(24-31)23-25-8-7-17-33-22-25/h1-4,7-9,11-13,17,22H,5-6,10,14-16,18-21,23-24H2. The fourth-order valence-corrected chi connectivity index (χ4v) is 5.87. The summed E-state index contributed by atoms with van der Waals surface area (Å²) < 4.78 is 20.6. The molecule has 0 saturated carbocycles. The van der Waals surface area contributed by atoms with E-state index in [4.69, 9.17) is 4.74 Å². The van der Waals surface area contributed by atoms with Crippen molar-refractivity contribution in [3.63, 3.8) is 0 Å². The number of ether oxygens (including phenoxy) is 1. The molecule has 2 aromatic carbocycles. The molecule has 6 heteroatoms. The number of hydrogen-bond donors (Lipinski definition) is 0. The van der Waals surface area contributed by atoms with E-state index in [-0.39, 0.29) is 16.9 Å². The molecule has 5 nitrogen and oxygen atoms in total. The first-order valence-corrected chi connectivity index (χ1v) is 13.5. The number of carbonyl (C=O) groups excluding carboxylic acids is 1. The molecule has 1 amide bonds. The van der Waals surface area contributed by atoms with Crippen LogP contribution >= 0.6 is 0 Å². The van der Waals surface area contributed by atoms with Crippen LogP contribution < -0.4 is 4.74 Å². The second kappa shape index (κ2) is 11.9. The molecule has 1 fully saturated rings. The number of carbonyl (C=O) groups is 1. The molecule has 3 aromatic rings. The number of rotatable bonds is 3. The molecule has 1 aromatic heterocycles. The van der Waals surface area contributed by atoms with Crippen LogP contribution in [0, 0.1) is 11.2 Å². The molecule has 0 bridgehead atoms. The Morgan fingerprint density at radius 3 is 2.57 bits per heavy atom. The van der Waals surface area contributed by atoms with Gasteiger partial charge in [-0.1, -0.05) is 42.8 Å². The molecule has 5 rings (SSSR count). The Balaban J connectivity index is 1.33. The first-order chi connectivity index (χ1) is 18.1. The molecule has 194 valence electrons. The van der Waals surface area contributed by atoms with Crippen LogP contribution in [0.1, 0.15) is 53.6 Å². The Bertz CT molecular complexity index is 1180. The summed E-state index contributed by atoms with van der Waals surface area (Å²) in [7, 11) is 0. The maximum Gasteiger partial charge on any atom is 0.256 e. The fourth-order valence-electron chi connectivity index (χ4n) is 5.87. The van der Waals surface area contributed by atoms with Crippen molar-refractivity contribution >= 4 is 5.91 Å².